The van der Waals surface area contributed by atoms with Crippen LogP contribution < -0.4 is 15.4 Å². The minimum absolute atomic E-state index is 0.112. The number of amides is 2. The van der Waals surface area contributed by atoms with Crippen molar-refractivity contribution in [1.29, 1.82) is 0 Å². The molecule has 2 N–H and O–H groups in total. The molecule has 3 aromatic rings. The summed E-state index contributed by atoms with van der Waals surface area (Å²) < 4.78 is 13.2. The SMILES string of the molecule is CCOC(=O)C1=C(CSc2nnc(COc3c(C)cccc3C)n2-c2ccccc2)NC(=O)NC1. The number of hydrogen-bond acceptors (Lipinski definition) is 7. The fourth-order valence-electron chi connectivity index (χ4n) is 3.69. The van der Waals surface area contributed by atoms with Gasteiger partial charge in [-0.05, 0) is 44.0 Å². The summed E-state index contributed by atoms with van der Waals surface area (Å²) >= 11 is 1.36. The summed E-state index contributed by atoms with van der Waals surface area (Å²) in [4.78, 5) is 24.3. The number of aromatic nitrogens is 3. The van der Waals surface area contributed by atoms with Gasteiger partial charge in [-0.2, -0.15) is 0 Å². The maximum absolute atomic E-state index is 12.4. The number of carbonyl (C=O) groups excluding carboxylic acids is 2. The van der Waals surface area contributed by atoms with Crippen molar-refractivity contribution in [3.05, 3.63) is 76.8 Å². The summed E-state index contributed by atoms with van der Waals surface area (Å²) in [5.41, 5.74) is 3.86. The number of esters is 1. The van der Waals surface area contributed by atoms with Crippen molar-refractivity contribution in [3.8, 4) is 11.4 Å². The Kier molecular flexibility index (Phi) is 7.71. The van der Waals surface area contributed by atoms with E-state index in [4.69, 9.17) is 9.47 Å². The first-order valence-corrected chi connectivity index (χ1v) is 12.2. The van der Waals surface area contributed by atoms with Crippen LogP contribution in [0.4, 0.5) is 4.79 Å². The molecular weight excluding hydrogens is 466 g/mol. The van der Waals surface area contributed by atoms with E-state index in [-0.39, 0.29) is 25.8 Å². The molecule has 1 aromatic heterocycles. The monoisotopic (exact) mass is 493 g/mol. The lowest BCUT2D eigenvalue weighted by Gasteiger charge is -2.21. The standard InChI is InChI=1S/C25H27N5O4S/c1-4-33-23(31)19-13-26-24(32)27-20(19)15-35-25-29-28-21(30(25)18-11-6-5-7-12-18)14-34-22-16(2)9-8-10-17(22)3/h5-12H,4,13-15H2,1-3H3,(H2,26,27,32). The van der Waals surface area contributed by atoms with Gasteiger partial charge in [0.05, 0.1) is 18.7 Å². The lowest BCUT2D eigenvalue weighted by atomic mass is 10.1. The van der Waals surface area contributed by atoms with Crippen molar-refractivity contribution < 1.29 is 19.1 Å². The maximum atomic E-state index is 12.4. The highest BCUT2D eigenvalue weighted by atomic mass is 32.2. The third-order valence-corrected chi connectivity index (χ3v) is 6.35. The van der Waals surface area contributed by atoms with Gasteiger partial charge in [-0.1, -0.05) is 48.2 Å². The van der Waals surface area contributed by atoms with Crippen molar-refractivity contribution in [2.45, 2.75) is 32.5 Å². The number of carbonyl (C=O) groups is 2. The molecule has 1 aliphatic heterocycles. The smallest absolute Gasteiger partial charge is 0.337 e. The van der Waals surface area contributed by atoms with E-state index in [0.29, 0.717) is 28.0 Å². The number of ether oxygens (including phenoxy) is 2. The predicted molar refractivity (Wildman–Crippen MR) is 133 cm³/mol. The van der Waals surface area contributed by atoms with E-state index < -0.39 is 5.97 Å². The molecule has 0 fully saturated rings. The van der Waals surface area contributed by atoms with Crippen molar-refractivity contribution >= 4 is 23.8 Å². The molecule has 0 unspecified atom stereocenters. The molecule has 4 rings (SSSR count). The lowest BCUT2D eigenvalue weighted by molar-refractivity contribution is -0.138. The summed E-state index contributed by atoms with van der Waals surface area (Å²) in [6.07, 6.45) is 0. The molecule has 35 heavy (non-hydrogen) atoms. The lowest BCUT2D eigenvalue weighted by Crippen LogP contribution is -2.44. The van der Waals surface area contributed by atoms with Gasteiger partial charge in [0.15, 0.2) is 11.0 Å². The van der Waals surface area contributed by atoms with E-state index in [9.17, 15) is 9.59 Å². The van der Waals surface area contributed by atoms with Crippen LogP contribution in [0, 0.1) is 13.8 Å². The molecule has 0 atom stereocenters. The molecule has 0 aliphatic carbocycles. The van der Waals surface area contributed by atoms with E-state index in [1.807, 2.05) is 66.9 Å². The third-order valence-electron chi connectivity index (χ3n) is 5.39. The Balaban J connectivity index is 1.61. The minimum Gasteiger partial charge on any atom is -0.485 e. The Hall–Kier alpha value is -3.79. The average Bonchev–Trinajstić information content (AvgIpc) is 3.26. The number of urea groups is 1. The Morgan fingerprint density at radius 2 is 1.83 bits per heavy atom. The Morgan fingerprint density at radius 1 is 1.09 bits per heavy atom. The molecule has 182 valence electrons. The van der Waals surface area contributed by atoms with Gasteiger partial charge >= 0.3 is 12.0 Å². The molecule has 0 saturated heterocycles. The first-order valence-electron chi connectivity index (χ1n) is 11.2. The summed E-state index contributed by atoms with van der Waals surface area (Å²) in [6.45, 7) is 6.35. The summed E-state index contributed by atoms with van der Waals surface area (Å²) in [6, 6.07) is 15.4. The highest BCUT2D eigenvalue weighted by Gasteiger charge is 2.25. The largest absolute Gasteiger partial charge is 0.485 e. The van der Waals surface area contributed by atoms with Crippen molar-refractivity contribution in [3.63, 3.8) is 0 Å². The highest BCUT2D eigenvalue weighted by molar-refractivity contribution is 7.99. The van der Waals surface area contributed by atoms with Crippen LogP contribution in [0.1, 0.15) is 23.9 Å². The van der Waals surface area contributed by atoms with E-state index >= 15 is 0 Å². The van der Waals surface area contributed by atoms with Gasteiger partial charge in [-0.15, -0.1) is 10.2 Å². The van der Waals surface area contributed by atoms with Crippen molar-refractivity contribution in [2.24, 2.45) is 0 Å². The molecule has 10 heteroatoms. The number of thioether (sulfide) groups is 1. The number of rotatable bonds is 9. The van der Waals surface area contributed by atoms with E-state index in [1.165, 1.54) is 11.8 Å². The molecule has 0 spiro atoms. The van der Waals surface area contributed by atoms with Gasteiger partial charge < -0.3 is 20.1 Å². The van der Waals surface area contributed by atoms with Gasteiger partial charge in [-0.25, -0.2) is 9.59 Å². The number of benzene rings is 2. The molecule has 9 nitrogen and oxygen atoms in total. The van der Waals surface area contributed by atoms with Gasteiger partial charge in [0.2, 0.25) is 0 Å². The van der Waals surface area contributed by atoms with Crippen LogP contribution in [0.25, 0.3) is 5.69 Å². The molecule has 2 aromatic carbocycles. The number of nitrogens with one attached hydrogen (secondary N) is 2. The first-order chi connectivity index (χ1) is 17.0. The van der Waals surface area contributed by atoms with E-state index in [0.717, 1.165) is 22.6 Å². The molecule has 0 radical (unpaired) electrons. The zero-order valence-electron chi connectivity index (χ0n) is 19.8. The molecular formula is C25H27N5O4S. The molecule has 2 amide bonds. The number of para-hydroxylation sites is 2. The average molecular weight is 494 g/mol. The molecule has 0 saturated carbocycles. The molecule has 1 aliphatic rings. The number of aryl methyl sites for hydroxylation is 2. The van der Waals surface area contributed by atoms with Gasteiger partial charge in [-0.3, -0.25) is 4.57 Å². The third kappa shape index (κ3) is 5.65. The fourth-order valence-corrected chi connectivity index (χ4v) is 4.65. The van der Waals surface area contributed by atoms with Gasteiger partial charge in [0.25, 0.3) is 0 Å². The topological polar surface area (TPSA) is 107 Å². The van der Waals surface area contributed by atoms with Gasteiger partial charge in [0.1, 0.15) is 12.4 Å². The van der Waals surface area contributed by atoms with Crippen LogP contribution in [0.3, 0.4) is 0 Å². The Morgan fingerprint density at radius 3 is 2.54 bits per heavy atom. The van der Waals surface area contributed by atoms with Crippen molar-refractivity contribution in [1.82, 2.24) is 25.4 Å². The quantitative estimate of drug-likeness (QED) is 0.346. The molecule has 0 bridgehead atoms. The molecule has 2 heterocycles. The minimum atomic E-state index is -0.456. The van der Waals surface area contributed by atoms with Crippen LogP contribution in [0.5, 0.6) is 5.75 Å². The van der Waals surface area contributed by atoms with Crippen LogP contribution >= 0.6 is 11.8 Å². The van der Waals surface area contributed by atoms with E-state index in [2.05, 4.69) is 20.8 Å². The normalized spacial score (nSPS) is 13.3. The highest BCUT2D eigenvalue weighted by Crippen LogP contribution is 2.27. The number of hydrogen-bond donors (Lipinski definition) is 2. The fraction of sp³-hybridized carbons (Fsp3) is 0.280. The maximum Gasteiger partial charge on any atom is 0.337 e. The van der Waals surface area contributed by atoms with E-state index in [1.54, 1.807) is 6.92 Å². The predicted octanol–water partition coefficient (Wildman–Crippen LogP) is 3.69. The zero-order chi connectivity index (χ0) is 24.8. The second kappa shape index (κ2) is 11.1. The Labute approximate surface area is 207 Å². The second-order valence-electron chi connectivity index (χ2n) is 7.85. The zero-order valence-corrected chi connectivity index (χ0v) is 20.6. The van der Waals surface area contributed by atoms with Crippen molar-refractivity contribution in [2.75, 3.05) is 18.9 Å². The van der Waals surface area contributed by atoms with Gasteiger partial charge in [0, 0.05) is 17.1 Å². The summed E-state index contributed by atoms with van der Waals surface area (Å²) in [5, 5.41) is 14.7. The second-order valence-corrected chi connectivity index (χ2v) is 8.80. The summed E-state index contributed by atoms with van der Waals surface area (Å²) in [5.74, 6) is 1.31. The van der Waals surface area contributed by atoms with Crippen LogP contribution in [0.15, 0.2) is 65.0 Å². The first kappa shape index (κ1) is 24.3. The Bertz CT molecular complexity index is 1240. The van der Waals surface area contributed by atoms with Crippen LogP contribution in [-0.2, 0) is 16.1 Å². The van der Waals surface area contributed by atoms with Crippen LogP contribution in [0.2, 0.25) is 0 Å². The number of nitrogens with zero attached hydrogens (tertiary/aromatic N) is 3. The van der Waals surface area contributed by atoms with Crippen LogP contribution in [-0.4, -0.2) is 45.7 Å². The summed E-state index contributed by atoms with van der Waals surface area (Å²) in [7, 11) is 0.